The summed E-state index contributed by atoms with van der Waals surface area (Å²) in [6.45, 7) is 6.19. The molecule has 0 unspecified atom stereocenters. The van der Waals surface area contributed by atoms with E-state index in [0.29, 0.717) is 18.7 Å². The third-order valence-corrected chi connectivity index (χ3v) is 4.67. The van der Waals surface area contributed by atoms with Gasteiger partial charge in [0.2, 0.25) is 5.91 Å². The number of ether oxygens (including phenoxy) is 1. The van der Waals surface area contributed by atoms with Crippen LogP contribution < -0.4 is 10.1 Å². The Morgan fingerprint density at radius 2 is 1.78 bits per heavy atom. The van der Waals surface area contributed by atoms with Crippen LogP contribution in [0.2, 0.25) is 0 Å². The van der Waals surface area contributed by atoms with E-state index in [9.17, 15) is 9.59 Å². The molecule has 1 atom stereocenters. The predicted octanol–water partition coefficient (Wildman–Crippen LogP) is 3.24. The molecule has 5 heteroatoms. The van der Waals surface area contributed by atoms with Crippen molar-refractivity contribution in [1.82, 2.24) is 10.2 Å². The maximum absolute atomic E-state index is 12.9. The third-order valence-electron chi connectivity index (χ3n) is 4.67. The molecular weight excluding hydrogens is 340 g/mol. The first-order valence-corrected chi connectivity index (χ1v) is 9.21. The standard InChI is InChI=1S/C22H28N2O3/c1-5-20(22(26)23-4)24(14-18-9-7-6-8-10-18)21(25)15-27-19-12-11-16(2)17(3)13-19/h6-13,20H,5,14-15H2,1-4H3,(H,23,26)/t20-/m1/s1. The Hall–Kier alpha value is -2.82. The highest BCUT2D eigenvalue weighted by Crippen LogP contribution is 2.17. The van der Waals surface area contributed by atoms with Gasteiger partial charge < -0.3 is 15.0 Å². The van der Waals surface area contributed by atoms with Crippen molar-refractivity contribution in [1.29, 1.82) is 0 Å². The van der Waals surface area contributed by atoms with Crippen LogP contribution in [0.5, 0.6) is 5.75 Å². The van der Waals surface area contributed by atoms with E-state index in [-0.39, 0.29) is 18.4 Å². The van der Waals surface area contributed by atoms with Gasteiger partial charge in [-0.2, -0.15) is 0 Å². The Balaban J connectivity index is 2.16. The zero-order chi connectivity index (χ0) is 19.8. The zero-order valence-corrected chi connectivity index (χ0v) is 16.5. The van der Waals surface area contributed by atoms with Crippen molar-refractivity contribution in [3.8, 4) is 5.75 Å². The Kier molecular flexibility index (Phi) is 7.41. The van der Waals surface area contributed by atoms with E-state index in [1.807, 2.05) is 69.3 Å². The number of rotatable bonds is 8. The average molecular weight is 368 g/mol. The molecule has 0 aliphatic carbocycles. The molecule has 0 bridgehead atoms. The molecule has 2 amide bonds. The van der Waals surface area contributed by atoms with Gasteiger partial charge in [0.05, 0.1) is 0 Å². The number of aryl methyl sites for hydroxylation is 2. The quantitative estimate of drug-likeness (QED) is 0.778. The summed E-state index contributed by atoms with van der Waals surface area (Å²) in [7, 11) is 1.59. The van der Waals surface area contributed by atoms with Crippen LogP contribution in [0.4, 0.5) is 0 Å². The van der Waals surface area contributed by atoms with Gasteiger partial charge in [-0.1, -0.05) is 43.3 Å². The molecule has 2 rings (SSSR count). The molecular formula is C22H28N2O3. The van der Waals surface area contributed by atoms with Crippen LogP contribution in [0, 0.1) is 13.8 Å². The van der Waals surface area contributed by atoms with Gasteiger partial charge in [0.25, 0.3) is 5.91 Å². The average Bonchev–Trinajstić information content (AvgIpc) is 2.69. The third kappa shape index (κ3) is 5.58. The monoisotopic (exact) mass is 368 g/mol. The van der Waals surface area contributed by atoms with Gasteiger partial charge in [0.15, 0.2) is 6.61 Å². The van der Waals surface area contributed by atoms with Crippen LogP contribution in [0.1, 0.15) is 30.0 Å². The number of nitrogens with zero attached hydrogens (tertiary/aromatic N) is 1. The lowest BCUT2D eigenvalue weighted by Crippen LogP contribution is -2.49. The lowest BCUT2D eigenvalue weighted by molar-refractivity contribution is -0.142. The molecule has 1 N–H and O–H groups in total. The molecule has 0 saturated heterocycles. The maximum atomic E-state index is 12.9. The number of amides is 2. The predicted molar refractivity (Wildman–Crippen MR) is 107 cm³/mol. The second-order valence-electron chi connectivity index (χ2n) is 6.58. The van der Waals surface area contributed by atoms with E-state index in [2.05, 4.69) is 5.32 Å². The maximum Gasteiger partial charge on any atom is 0.261 e. The summed E-state index contributed by atoms with van der Waals surface area (Å²) in [6, 6.07) is 14.9. The number of nitrogens with one attached hydrogen (secondary N) is 1. The van der Waals surface area contributed by atoms with E-state index in [1.165, 1.54) is 5.56 Å². The Morgan fingerprint density at radius 1 is 1.07 bits per heavy atom. The molecule has 5 nitrogen and oxygen atoms in total. The van der Waals surface area contributed by atoms with Gasteiger partial charge in [0, 0.05) is 13.6 Å². The minimum Gasteiger partial charge on any atom is -0.484 e. The summed E-state index contributed by atoms with van der Waals surface area (Å²) in [5, 5.41) is 2.65. The highest BCUT2D eigenvalue weighted by molar-refractivity contribution is 5.88. The van der Waals surface area contributed by atoms with Crippen molar-refractivity contribution in [2.45, 2.75) is 39.8 Å². The number of carbonyl (C=O) groups excluding carboxylic acids is 2. The minimum atomic E-state index is -0.536. The van der Waals surface area contributed by atoms with Crippen molar-refractivity contribution >= 4 is 11.8 Å². The summed E-state index contributed by atoms with van der Waals surface area (Å²) in [4.78, 5) is 26.8. The number of hydrogen-bond donors (Lipinski definition) is 1. The minimum absolute atomic E-state index is 0.108. The molecule has 0 radical (unpaired) electrons. The lowest BCUT2D eigenvalue weighted by atomic mass is 10.1. The normalized spacial score (nSPS) is 11.6. The number of benzene rings is 2. The van der Waals surface area contributed by atoms with Crippen LogP contribution in [0.15, 0.2) is 48.5 Å². The van der Waals surface area contributed by atoms with Crippen LogP contribution >= 0.6 is 0 Å². The molecule has 27 heavy (non-hydrogen) atoms. The highest BCUT2D eigenvalue weighted by atomic mass is 16.5. The fourth-order valence-corrected chi connectivity index (χ4v) is 2.90. The van der Waals surface area contributed by atoms with Crippen LogP contribution in [-0.2, 0) is 16.1 Å². The number of likely N-dealkylation sites (N-methyl/N-ethyl adjacent to an activating group) is 1. The number of carbonyl (C=O) groups is 2. The first kappa shape index (κ1) is 20.5. The van der Waals surface area contributed by atoms with Gasteiger partial charge in [0.1, 0.15) is 11.8 Å². The van der Waals surface area contributed by atoms with Crippen LogP contribution in [0.3, 0.4) is 0 Å². The molecule has 0 aliphatic rings. The molecule has 0 spiro atoms. The van der Waals surface area contributed by atoms with Crippen molar-refractivity contribution in [2.24, 2.45) is 0 Å². The van der Waals surface area contributed by atoms with E-state index >= 15 is 0 Å². The summed E-state index contributed by atoms with van der Waals surface area (Å²) >= 11 is 0. The van der Waals surface area contributed by atoms with Gasteiger partial charge in [-0.3, -0.25) is 9.59 Å². The fraction of sp³-hybridized carbons (Fsp3) is 0.364. The van der Waals surface area contributed by atoms with E-state index < -0.39 is 6.04 Å². The van der Waals surface area contributed by atoms with Crippen molar-refractivity contribution in [3.05, 3.63) is 65.2 Å². The number of hydrogen-bond acceptors (Lipinski definition) is 3. The zero-order valence-electron chi connectivity index (χ0n) is 16.5. The summed E-state index contributed by atoms with van der Waals surface area (Å²) in [5.74, 6) is 0.264. The SMILES string of the molecule is CC[C@H](C(=O)NC)N(Cc1ccccc1)C(=O)COc1ccc(C)c(C)c1. The summed E-state index contributed by atoms with van der Waals surface area (Å²) in [5.41, 5.74) is 3.25. The molecule has 0 heterocycles. The molecule has 0 fully saturated rings. The molecule has 0 aromatic heterocycles. The molecule has 0 saturated carbocycles. The Morgan fingerprint density at radius 3 is 2.37 bits per heavy atom. The fourth-order valence-electron chi connectivity index (χ4n) is 2.90. The van der Waals surface area contributed by atoms with Gasteiger partial charge in [-0.05, 0) is 49.1 Å². The van der Waals surface area contributed by atoms with Gasteiger partial charge in [-0.25, -0.2) is 0 Å². The topological polar surface area (TPSA) is 58.6 Å². The Labute approximate surface area is 161 Å². The highest BCUT2D eigenvalue weighted by Gasteiger charge is 2.28. The Bertz CT molecular complexity index is 774. The molecule has 2 aromatic carbocycles. The summed E-state index contributed by atoms with van der Waals surface area (Å²) in [6.07, 6.45) is 0.530. The molecule has 144 valence electrons. The lowest BCUT2D eigenvalue weighted by Gasteiger charge is -2.30. The van der Waals surface area contributed by atoms with Crippen LogP contribution in [0.25, 0.3) is 0 Å². The van der Waals surface area contributed by atoms with Crippen molar-refractivity contribution < 1.29 is 14.3 Å². The van der Waals surface area contributed by atoms with Crippen LogP contribution in [-0.4, -0.2) is 36.4 Å². The summed E-state index contributed by atoms with van der Waals surface area (Å²) < 4.78 is 5.71. The van der Waals surface area contributed by atoms with Crippen molar-refractivity contribution in [3.63, 3.8) is 0 Å². The van der Waals surface area contributed by atoms with Crippen molar-refractivity contribution in [2.75, 3.05) is 13.7 Å². The first-order valence-electron chi connectivity index (χ1n) is 9.21. The second-order valence-corrected chi connectivity index (χ2v) is 6.58. The van der Waals surface area contributed by atoms with E-state index in [1.54, 1.807) is 11.9 Å². The second kappa shape index (κ2) is 9.76. The van der Waals surface area contributed by atoms with Gasteiger partial charge in [-0.15, -0.1) is 0 Å². The van der Waals surface area contributed by atoms with Gasteiger partial charge >= 0.3 is 0 Å². The smallest absolute Gasteiger partial charge is 0.261 e. The first-order chi connectivity index (χ1) is 13.0. The van der Waals surface area contributed by atoms with E-state index in [4.69, 9.17) is 4.74 Å². The largest absolute Gasteiger partial charge is 0.484 e. The molecule has 0 aliphatic heterocycles. The molecule has 2 aromatic rings. The van der Waals surface area contributed by atoms with E-state index in [0.717, 1.165) is 11.1 Å².